The van der Waals surface area contributed by atoms with E-state index in [1.165, 1.54) is 24.3 Å². The summed E-state index contributed by atoms with van der Waals surface area (Å²) in [6.07, 6.45) is 0.319. The normalized spacial score (nSPS) is 26.0. The zero-order chi connectivity index (χ0) is 18.8. The Morgan fingerprint density at radius 2 is 1.64 bits per heavy atom. The summed E-state index contributed by atoms with van der Waals surface area (Å²) >= 11 is 5.78. The zero-order valence-corrected chi connectivity index (χ0v) is 14.6. The van der Waals surface area contributed by atoms with Crippen LogP contribution in [0.4, 0.5) is 0 Å². The van der Waals surface area contributed by atoms with E-state index in [4.69, 9.17) is 11.6 Å². The predicted octanol–water partition coefficient (Wildman–Crippen LogP) is 2.59. The number of nitrogens with zero attached hydrogens (tertiary/aromatic N) is 3. The van der Waals surface area contributed by atoms with E-state index in [9.17, 15) is 24.9 Å². The molecule has 1 saturated heterocycles. The maximum absolute atomic E-state index is 12.6. The molecular weight excluding hydrogens is 342 g/mol. The van der Waals surface area contributed by atoms with Crippen LogP contribution in [0, 0.1) is 39.9 Å². The molecule has 2 amide bonds. The Hall–Kier alpha value is -2.70. The number of imide groups is 1. The first-order chi connectivity index (χ1) is 11.8. The molecule has 0 N–H and O–H groups in total. The molecule has 0 aromatic heterocycles. The van der Waals surface area contributed by atoms with Gasteiger partial charge in [0, 0.05) is 16.0 Å². The Labute approximate surface area is 150 Å². The molecule has 0 aliphatic carbocycles. The molecule has 0 spiro atoms. The lowest BCUT2D eigenvalue weighted by Gasteiger charge is -2.43. The second kappa shape index (κ2) is 7.04. The molecule has 0 bridgehead atoms. The summed E-state index contributed by atoms with van der Waals surface area (Å²) in [5, 5.41) is 19.3. The Morgan fingerprint density at radius 3 is 2.04 bits per heavy atom. The molecule has 25 heavy (non-hydrogen) atoms. The number of carbonyl (C=O) groups is 3. The summed E-state index contributed by atoms with van der Waals surface area (Å²) < 4.78 is 0. The van der Waals surface area contributed by atoms with Crippen molar-refractivity contribution in [2.24, 2.45) is 17.3 Å². The van der Waals surface area contributed by atoms with Gasteiger partial charge in [0.2, 0.25) is 11.8 Å². The van der Waals surface area contributed by atoms with Crippen molar-refractivity contribution >= 4 is 29.2 Å². The number of ketones is 1. The second-order valence-electron chi connectivity index (χ2n) is 6.18. The van der Waals surface area contributed by atoms with E-state index in [-0.39, 0.29) is 5.56 Å². The molecule has 0 saturated carbocycles. The minimum atomic E-state index is -1.15. The maximum atomic E-state index is 12.6. The van der Waals surface area contributed by atoms with Gasteiger partial charge in [-0.3, -0.25) is 19.3 Å². The molecule has 1 aromatic carbocycles. The SMILES string of the molecule is CCC1(C)C(C#N)C(=O)N(CC(=O)c2ccc(Cl)cc2)C(=O)C1C#N. The Morgan fingerprint density at radius 1 is 1.16 bits per heavy atom. The monoisotopic (exact) mass is 357 g/mol. The molecule has 1 fully saturated rings. The molecule has 1 aliphatic rings. The molecule has 6 nitrogen and oxygen atoms in total. The lowest BCUT2D eigenvalue weighted by atomic mass is 9.63. The Bertz CT molecular complexity index is 770. The van der Waals surface area contributed by atoms with E-state index in [0.717, 1.165) is 4.90 Å². The van der Waals surface area contributed by atoms with Gasteiger partial charge in [-0.05, 0) is 30.7 Å². The van der Waals surface area contributed by atoms with E-state index in [0.29, 0.717) is 11.4 Å². The molecule has 2 rings (SSSR count). The van der Waals surface area contributed by atoms with Crippen LogP contribution >= 0.6 is 11.6 Å². The van der Waals surface area contributed by atoms with Crippen molar-refractivity contribution in [1.29, 1.82) is 10.5 Å². The number of hydrogen-bond donors (Lipinski definition) is 0. The van der Waals surface area contributed by atoms with E-state index < -0.39 is 41.4 Å². The Balaban J connectivity index is 2.35. The lowest BCUT2D eigenvalue weighted by Crippen LogP contribution is -2.59. The third-order valence-electron chi connectivity index (χ3n) is 4.83. The summed E-state index contributed by atoms with van der Waals surface area (Å²) in [6, 6.07) is 9.85. The van der Waals surface area contributed by atoms with Gasteiger partial charge in [-0.15, -0.1) is 0 Å². The van der Waals surface area contributed by atoms with Crippen LogP contribution < -0.4 is 0 Å². The standard InChI is InChI=1S/C18H16ClN3O3/c1-3-18(2)13(8-20)16(24)22(17(25)14(18)9-21)10-15(23)11-4-6-12(19)7-5-11/h4-7,13-14H,3,10H2,1-2H3. The summed E-state index contributed by atoms with van der Waals surface area (Å²) in [7, 11) is 0. The predicted molar refractivity (Wildman–Crippen MR) is 89.1 cm³/mol. The van der Waals surface area contributed by atoms with Crippen molar-refractivity contribution in [3.63, 3.8) is 0 Å². The van der Waals surface area contributed by atoms with E-state index in [1.807, 2.05) is 12.1 Å². The first kappa shape index (κ1) is 18.6. The van der Waals surface area contributed by atoms with Gasteiger partial charge in [-0.1, -0.05) is 25.4 Å². The zero-order valence-electron chi connectivity index (χ0n) is 13.8. The first-order valence-electron chi connectivity index (χ1n) is 7.73. The number of benzene rings is 1. The van der Waals surface area contributed by atoms with Crippen LogP contribution in [-0.4, -0.2) is 29.0 Å². The van der Waals surface area contributed by atoms with Crippen LogP contribution in [-0.2, 0) is 9.59 Å². The van der Waals surface area contributed by atoms with Gasteiger partial charge in [-0.25, -0.2) is 0 Å². The largest absolute Gasteiger partial charge is 0.292 e. The fourth-order valence-corrected chi connectivity index (χ4v) is 3.12. The highest BCUT2D eigenvalue weighted by atomic mass is 35.5. The minimum Gasteiger partial charge on any atom is -0.292 e. The third-order valence-corrected chi connectivity index (χ3v) is 5.08. The number of Topliss-reactive ketones (excluding diaryl/α,β-unsaturated/α-hetero) is 1. The van der Waals surface area contributed by atoms with Gasteiger partial charge in [-0.2, -0.15) is 10.5 Å². The van der Waals surface area contributed by atoms with Crippen molar-refractivity contribution in [2.45, 2.75) is 20.3 Å². The molecule has 1 heterocycles. The van der Waals surface area contributed by atoms with Crippen molar-refractivity contribution < 1.29 is 14.4 Å². The molecule has 7 heteroatoms. The van der Waals surface area contributed by atoms with Crippen molar-refractivity contribution in [2.75, 3.05) is 6.54 Å². The molecule has 0 radical (unpaired) electrons. The first-order valence-corrected chi connectivity index (χ1v) is 8.11. The van der Waals surface area contributed by atoms with Crippen LogP contribution in [0.5, 0.6) is 0 Å². The molecule has 128 valence electrons. The second-order valence-corrected chi connectivity index (χ2v) is 6.61. The van der Waals surface area contributed by atoms with Crippen molar-refractivity contribution in [3.8, 4) is 12.1 Å². The van der Waals surface area contributed by atoms with Crippen LogP contribution in [0.25, 0.3) is 0 Å². The van der Waals surface area contributed by atoms with E-state index >= 15 is 0 Å². The van der Waals surface area contributed by atoms with Crippen LogP contribution in [0.2, 0.25) is 5.02 Å². The molecule has 2 unspecified atom stereocenters. The molecule has 2 atom stereocenters. The summed E-state index contributed by atoms with van der Waals surface area (Å²) in [5.74, 6) is -4.24. The van der Waals surface area contributed by atoms with Gasteiger partial charge < -0.3 is 0 Å². The van der Waals surface area contributed by atoms with Gasteiger partial charge in [0.05, 0.1) is 18.7 Å². The molecule has 1 aliphatic heterocycles. The number of piperidine rings is 1. The van der Waals surface area contributed by atoms with Gasteiger partial charge in [0.25, 0.3) is 0 Å². The number of halogens is 1. The van der Waals surface area contributed by atoms with Gasteiger partial charge >= 0.3 is 0 Å². The summed E-state index contributed by atoms with van der Waals surface area (Å²) in [5.41, 5.74) is -0.784. The fraction of sp³-hybridized carbons (Fsp3) is 0.389. The number of carbonyl (C=O) groups excluding carboxylic acids is 3. The smallest absolute Gasteiger partial charge is 0.247 e. The van der Waals surface area contributed by atoms with E-state index in [1.54, 1.807) is 13.8 Å². The Kier molecular flexibility index (Phi) is 5.25. The van der Waals surface area contributed by atoms with Crippen LogP contribution in [0.3, 0.4) is 0 Å². The number of hydrogen-bond acceptors (Lipinski definition) is 5. The highest BCUT2D eigenvalue weighted by molar-refractivity contribution is 6.30. The van der Waals surface area contributed by atoms with Gasteiger partial charge in [0.15, 0.2) is 5.78 Å². The molecular formula is C18H16ClN3O3. The number of amides is 2. The third kappa shape index (κ3) is 3.14. The maximum Gasteiger partial charge on any atom is 0.247 e. The fourth-order valence-electron chi connectivity index (χ4n) is 2.99. The van der Waals surface area contributed by atoms with Crippen LogP contribution in [0.1, 0.15) is 30.6 Å². The summed E-state index contributed by atoms with van der Waals surface area (Å²) in [4.78, 5) is 38.4. The average Bonchev–Trinajstić information content (AvgIpc) is 2.59. The quantitative estimate of drug-likeness (QED) is 0.608. The van der Waals surface area contributed by atoms with Crippen LogP contribution in [0.15, 0.2) is 24.3 Å². The number of nitriles is 2. The van der Waals surface area contributed by atoms with Crippen molar-refractivity contribution in [3.05, 3.63) is 34.9 Å². The highest BCUT2D eigenvalue weighted by Gasteiger charge is 2.55. The summed E-state index contributed by atoms with van der Waals surface area (Å²) in [6.45, 7) is 2.81. The van der Waals surface area contributed by atoms with Gasteiger partial charge in [0.1, 0.15) is 11.8 Å². The van der Waals surface area contributed by atoms with E-state index in [2.05, 4.69) is 0 Å². The number of likely N-dealkylation sites (tertiary alicyclic amines) is 1. The number of rotatable bonds is 4. The minimum absolute atomic E-state index is 0.288. The topological polar surface area (TPSA) is 102 Å². The highest BCUT2D eigenvalue weighted by Crippen LogP contribution is 2.44. The average molecular weight is 358 g/mol. The van der Waals surface area contributed by atoms with Crippen molar-refractivity contribution in [1.82, 2.24) is 4.90 Å². The molecule has 1 aromatic rings. The lowest BCUT2D eigenvalue weighted by molar-refractivity contribution is -0.160.